The Morgan fingerprint density at radius 2 is 2.00 bits per heavy atom. The van der Waals surface area contributed by atoms with E-state index >= 15 is 0 Å². The fraction of sp³-hybridized carbons (Fsp3) is 0.333. The number of hydrogen-bond donors (Lipinski definition) is 4. The number of carbonyl (C=O) groups excluding carboxylic acids is 1. The number of piperidine rings is 1. The van der Waals surface area contributed by atoms with Crippen molar-refractivity contribution in [1.82, 2.24) is 14.9 Å². The molecule has 1 aliphatic rings. The predicted octanol–water partition coefficient (Wildman–Crippen LogP) is 4.02. The number of rotatable bonds is 6. The van der Waals surface area contributed by atoms with E-state index in [1.165, 1.54) is 11.3 Å². The molecule has 0 atom stereocenters. The van der Waals surface area contributed by atoms with Crippen LogP contribution in [0.5, 0.6) is 11.5 Å². The Hall–Kier alpha value is -3.50. The predicted molar refractivity (Wildman–Crippen MR) is 133 cm³/mol. The number of thiazole rings is 1. The minimum absolute atomic E-state index is 0.0875. The highest BCUT2D eigenvalue weighted by molar-refractivity contribution is 7.18. The van der Waals surface area contributed by atoms with Crippen molar-refractivity contribution >= 4 is 33.8 Å². The lowest BCUT2D eigenvalue weighted by Crippen LogP contribution is -2.40. The van der Waals surface area contributed by atoms with Gasteiger partial charge in [0.15, 0.2) is 10.8 Å². The number of nitrogens with zero attached hydrogens (tertiary/aromatic N) is 3. The van der Waals surface area contributed by atoms with Gasteiger partial charge in [-0.05, 0) is 62.6 Å². The van der Waals surface area contributed by atoms with Gasteiger partial charge in [0, 0.05) is 31.5 Å². The Balaban J connectivity index is 1.46. The van der Waals surface area contributed by atoms with Gasteiger partial charge in [0.25, 0.3) is 5.91 Å². The van der Waals surface area contributed by atoms with Crippen LogP contribution in [0.2, 0.25) is 0 Å². The second-order valence-electron chi connectivity index (χ2n) is 8.19. The largest absolute Gasteiger partial charge is 0.455 e. The molecular weight excluding hydrogens is 452 g/mol. The number of benzene rings is 1. The Kier molecular flexibility index (Phi) is 7.09. The van der Waals surface area contributed by atoms with E-state index in [4.69, 9.17) is 10.1 Å². The molecule has 0 aliphatic carbocycles. The quantitative estimate of drug-likeness (QED) is 0.310. The lowest BCUT2D eigenvalue weighted by atomic mass is 10.1. The number of likely N-dealkylation sites (tertiary alicyclic amines) is 1. The average Bonchev–Trinajstić information content (AvgIpc) is 3.27. The fourth-order valence-electron chi connectivity index (χ4n) is 3.64. The van der Waals surface area contributed by atoms with Crippen LogP contribution in [0.4, 0.5) is 10.7 Å². The molecule has 1 saturated heterocycles. The number of aromatic nitrogens is 2. The lowest BCUT2D eigenvalue weighted by molar-refractivity contribution is 0.0546. The van der Waals surface area contributed by atoms with Gasteiger partial charge in [-0.1, -0.05) is 11.3 Å². The summed E-state index contributed by atoms with van der Waals surface area (Å²) in [6, 6.07) is 9.32. The molecule has 0 unspecified atom stereocenters. The molecule has 0 radical (unpaired) electrons. The molecule has 1 amide bonds. The monoisotopic (exact) mass is 480 g/mol. The standard InChI is InChI=1S/C24H28N6O3S/c1-14-12-16(5-7-19(14)33-18-6-4-15(2)27-13-18)28-21(25)20-22(26-3)34-23(29-20)24(32)30-10-8-17(31)9-11-30/h4-7,12-13,17,26,31H,8-11H2,1-3H3,(H2,25,28). The molecule has 178 valence electrons. The van der Waals surface area contributed by atoms with Gasteiger partial charge in [0.2, 0.25) is 0 Å². The van der Waals surface area contributed by atoms with Crippen molar-refractivity contribution in [1.29, 1.82) is 5.41 Å². The fourth-order valence-corrected chi connectivity index (χ4v) is 4.53. The van der Waals surface area contributed by atoms with E-state index in [0.717, 1.165) is 11.3 Å². The molecule has 2 aromatic heterocycles. The van der Waals surface area contributed by atoms with Crippen LogP contribution < -0.4 is 15.4 Å². The van der Waals surface area contributed by atoms with Crippen molar-refractivity contribution in [3.05, 3.63) is 58.5 Å². The number of amidine groups is 1. The number of aliphatic hydroxyl groups excluding tert-OH is 1. The molecule has 1 aromatic carbocycles. The highest BCUT2D eigenvalue weighted by atomic mass is 32.1. The van der Waals surface area contributed by atoms with E-state index in [1.54, 1.807) is 18.1 Å². The number of hydrogen-bond acceptors (Lipinski definition) is 8. The van der Waals surface area contributed by atoms with Crippen LogP contribution in [0.15, 0.2) is 36.5 Å². The van der Waals surface area contributed by atoms with Crippen molar-refractivity contribution < 1.29 is 14.6 Å². The van der Waals surface area contributed by atoms with Crippen LogP contribution >= 0.6 is 11.3 Å². The smallest absolute Gasteiger partial charge is 0.282 e. The Morgan fingerprint density at radius 1 is 1.24 bits per heavy atom. The van der Waals surface area contributed by atoms with Crippen molar-refractivity contribution in [2.45, 2.75) is 32.8 Å². The van der Waals surface area contributed by atoms with Gasteiger partial charge in [-0.15, -0.1) is 0 Å². The number of amides is 1. The molecule has 4 rings (SSSR count). The van der Waals surface area contributed by atoms with Crippen LogP contribution in [0.1, 0.15) is 39.6 Å². The minimum atomic E-state index is -0.352. The van der Waals surface area contributed by atoms with E-state index in [2.05, 4.69) is 20.6 Å². The topological polar surface area (TPSA) is 123 Å². The van der Waals surface area contributed by atoms with Gasteiger partial charge < -0.3 is 25.4 Å². The zero-order valence-corrected chi connectivity index (χ0v) is 20.2. The lowest BCUT2D eigenvalue weighted by Gasteiger charge is -2.28. The van der Waals surface area contributed by atoms with Crippen molar-refractivity contribution in [3.8, 4) is 11.5 Å². The highest BCUT2D eigenvalue weighted by Gasteiger charge is 2.26. The first-order valence-corrected chi connectivity index (χ1v) is 11.9. The molecule has 3 heterocycles. The van der Waals surface area contributed by atoms with E-state index in [0.29, 0.717) is 58.8 Å². The third-order valence-electron chi connectivity index (χ3n) is 5.58. The number of aliphatic hydroxyl groups is 1. The summed E-state index contributed by atoms with van der Waals surface area (Å²) in [5.74, 6) is 1.27. The Morgan fingerprint density at radius 3 is 2.65 bits per heavy atom. The third-order valence-corrected chi connectivity index (χ3v) is 6.64. The average molecular weight is 481 g/mol. The molecule has 1 fully saturated rings. The van der Waals surface area contributed by atoms with Gasteiger partial charge in [0.05, 0.1) is 12.3 Å². The molecule has 9 nitrogen and oxygen atoms in total. The van der Waals surface area contributed by atoms with E-state index in [-0.39, 0.29) is 17.8 Å². The van der Waals surface area contributed by atoms with Crippen LogP contribution in [0, 0.1) is 19.3 Å². The summed E-state index contributed by atoms with van der Waals surface area (Å²) in [7, 11) is 1.74. The van der Waals surface area contributed by atoms with Crippen molar-refractivity contribution in [2.24, 2.45) is 0 Å². The summed E-state index contributed by atoms with van der Waals surface area (Å²) in [5.41, 5.74) is 2.92. The minimum Gasteiger partial charge on any atom is -0.455 e. The first kappa shape index (κ1) is 23.7. The van der Waals surface area contributed by atoms with Crippen LogP contribution in [-0.4, -0.2) is 58.0 Å². The zero-order valence-electron chi connectivity index (χ0n) is 19.4. The molecule has 34 heavy (non-hydrogen) atoms. The SMILES string of the molecule is CNc1sc(C(=O)N2CCC(O)CC2)nc1C(=N)Nc1ccc(Oc2ccc(C)nc2)c(C)c1. The van der Waals surface area contributed by atoms with Gasteiger partial charge >= 0.3 is 0 Å². The third kappa shape index (κ3) is 5.35. The molecule has 10 heteroatoms. The summed E-state index contributed by atoms with van der Waals surface area (Å²) in [6.07, 6.45) is 2.47. The van der Waals surface area contributed by atoms with Gasteiger partial charge in [0.1, 0.15) is 22.2 Å². The van der Waals surface area contributed by atoms with E-state index < -0.39 is 0 Å². The summed E-state index contributed by atoms with van der Waals surface area (Å²) in [4.78, 5) is 23.3. The highest BCUT2D eigenvalue weighted by Crippen LogP contribution is 2.29. The second-order valence-corrected chi connectivity index (χ2v) is 9.19. The van der Waals surface area contributed by atoms with Crippen LogP contribution in [0.25, 0.3) is 0 Å². The Labute approximate surface area is 202 Å². The maximum absolute atomic E-state index is 12.9. The molecule has 0 bridgehead atoms. The molecule has 3 aromatic rings. The van der Waals surface area contributed by atoms with Crippen molar-refractivity contribution in [3.63, 3.8) is 0 Å². The number of anilines is 2. The number of carbonyl (C=O) groups is 1. The number of pyridine rings is 1. The molecule has 1 aliphatic heterocycles. The van der Waals surface area contributed by atoms with E-state index in [9.17, 15) is 9.90 Å². The van der Waals surface area contributed by atoms with Gasteiger partial charge in [-0.3, -0.25) is 15.2 Å². The first-order chi connectivity index (χ1) is 16.3. The summed E-state index contributed by atoms with van der Waals surface area (Å²) in [6.45, 7) is 4.86. The zero-order chi connectivity index (χ0) is 24.2. The van der Waals surface area contributed by atoms with Crippen LogP contribution in [-0.2, 0) is 0 Å². The molecule has 4 N–H and O–H groups in total. The summed E-state index contributed by atoms with van der Waals surface area (Å²) >= 11 is 1.23. The van der Waals surface area contributed by atoms with E-state index in [1.807, 2.05) is 44.2 Å². The molecule has 0 spiro atoms. The maximum Gasteiger partial charge on any atom is 0.282 e. The Bertz CT molecular complexity index is 1190. The maximum atomic E-state index is 12.9. The summed E-state index contributed by atoms with van der Waals surface area (Å²) < 4.78 is 5.92. The van der Waals surface area contributed by atoms with Gasteiger partial charge in [-0.2, -0.15) is 0 Å². The van der Waals surface area contributed by atoms with Crippen molar-refractivity contribution in [2.75, 3.05) is 30.8 Å². The van der Waals surface area contributed by atoms with Gasteiger partial charge in [-0.25, -0.2) is 4.98 Å². The first-order valence-electron chi connectivity index (χ1n) is 11.1. The summed E-state index contributed by atoms with van der Waals surface area (Å²) in [5, 5.41) is 25.3. The van der Waals surface area contributed by atoms with Crippen LogP contribution in [0.3, 0.4) is 0 Å². The normalized spacial score (nSPS) is 14.1. The number of nitrogens with one attached hydrogen (secondary N) is 3. The second kappa shape index (κ2) is 10.2. The molecule has 0 saturated carbocycles. The number of ether oxygens (including phenoxy) is 1. The molecular formula is C24H28N6O3S. The number of aryl methyl sites for hydroxylation is 2.